The average Bonchev–Trinajstić information content (AvgIpc) is 2.34. The van der Waals surface area contributed by atoms with Crippen LogP contribution in [0.4, 0.5) is 0 Å². The number of aryl methyl sites for hydroxylation is 2. The number of hydrogen-bond acceptors (Lipinski definition) is 0. The fraction of sp³-hybridized carbons (Fsp3) is 0.600. The van der Waals surface area contributed by atoms with Gasteiger partial charge in [-0.05, 0) is 27.7 Å². The number of rotatable bonds is 3. The Morgan fingerprint density at radius 3 is 2.17 bits per heavy atom. The highest BCUT2D eigenvalue weighted by molar-refractivity contribution is 7.96. The maximum atomic E-state index is 3.36. The van der Waals surface area contributed by atoms with Crippen molar-refractivity contribution in [2.24, 2.45) is 0 Å². The van der Waals surface area contributed by atoms with Gasteiger partial charge in [0.1, 0.15) is 11.5 Å². The van der Waals surface area contributed by atoms with Crippen LogP contribution in [0.15, 0.2) is 11.0 Å². The summed E-state index contributed by atoms with van der Waals surface area (Å²) in [6.07, 6.45) is 0. The first-order valence-electron chi connectivity index (χ1n) is 4.52. The van der Waals surface area contributed by atoms with Crippen molar-refractivity contribution in [3.63, 3.8) is 0 Å². The number of hydrogen-bond donors (Lipinski definition) is 1. The number of aromatic amines is 1. The van der Waals surface area contributed by atoms with Crippen LogP contribution in [0, 0.1) is 13.8 Å². The van der Waals surface area contributed by atoms with Gasteiger partial charge in [-0.3, -0.25) is 0 Å². The monoisotopic (exact) mass is 184 g/mol. The molecule has 1 aromatic heterocycles. The summed E-state index contributed by atoms with van der Waals surface area (Å²) in [6, 6.07) is 2.30. The van der Waals surface area contributed by atoms with Crippen molar-refractivity contribution in [1.82, 2.24) is 4.98 Å². The smallest absolute Gasteiger partial charge is 0.175 e. The molecule has 0 aromatic carbocycles. The van der Waals surface area contributed by atoms with Crippen molar-refractivity contribution in [3.8, 4) is 0 Å². The lowest BCUT2D eigenvalue weighted by Crippen LogP contribution is -2.08. The zero-order valence-electron chi connectivity index (χ0n) is 8.40. The van der Waals surface area contributed by atoms with Crippen LogP contribution in [0.5, 0.6) is 0 Å². The molecular formula is C10H18NS+. The molecule has 1 rings (SSSR count). The van der Waals surface area contributed by atoms with E-state index in [-0.39, 0.29) is 0 Å². The lowest BCUT2D eigenvalue weighted by molar-refractivity contribution is 1.16. The molecule has 0 unspecified atom stereocenters. The highest BCUT2D eigenvalue weighted by Gasteiger charge is 2.20. The summed E-state index contributed by atoms with van der Waals surface area (Å²) in [5, 5.41) is 0. The molecule has 2 heteroatoms. The quantitative estimate of drug-likeness (QED) is 0.695. The van der Waals surface area contributed by atoms with Crippen molar-refractivity contribution >= 4 is 10.9 Å². The Morgan fingerprint density at radius 1 is 1.25 bits per heavy atom. The Balaban J connectivity index is 2.91. The van der Waals surface area contributed by atoms with Gasteiger partial charge >= 0.3 is 0 Å². The van der Waals surface area contributed by atoms with Crippen molar-refractivity contribution in [2.75, 3.05) is 11.5 Å². The Bertz CT molecular complexity index is 248. The second kappa shape index (κ2) is 4.04. The Hall–Kier alpha value is -0.370. The van der Waals surface area contributed by atoms with E-state index in [2.05, 4.69) is 38.7 Å². The van der Waals surface area contributed by atoms with Crippen molar-refractivity contribution in [1.29, 1.82) is 0 Å². The lowest BCUT2D eigenvalue weighted by atomic mass is 10.4. The van der Waals surface area contributed by atoms with Gasteiger partial charge in [0, 0.05) is 22.7 Å². The van der Waals surface area contributed by atoms with Crippen LogP contribution in [0.1, 0.15) is 25.2 Å². The number of nitrogens with one attached hydrogen (secondary N) is 1. The molecule has 0 aliphatic heterocycles. The average molecular weight is 184 g/mol. The van der Waals surface area contributed by atoms with E-state index in [1.165, 1.54) is 27.8 Å². The molecule has 0 atom stereocenters. The van der Waals surface area contributed by atoms with Crippen LogP contribution in [0.3, 0.4) is 0 Å². The zero-order chi connectivity index (χ0) is 9.14. The SMILES string of the molecule is CC[S+](CC)c1cc(C)[nH]c1C. The van der Waals surface area contributed by atoms with Crippen LogP contribution in [-0.4, -0.2) is 16.5 Å². The summed E-state index contributed by atoms with van der Waals surface area (Å²) in [5.74, 6) is 2.54. The Morgan fingerprint density at radius 2 is 1.83 bits per heavy atom. The molecule has 0 saturated carbocycles. The molecule has 0 aliphatic rings. The van der Waals surface area contributed by atoms with E-state index in [1.54, 1.807) is 0 Å². The maximum absolute atomic E-state index is 3.36. The molecule has 0 bridgehead atoms. The molecule has 12 heavy (non-hydrogen) atoms. The van der Waals surface area contributed by atoms with Crippen LogP contribution in [-0.2, 0) is 10.9 Å². The fourth-order valence-corrected chi connectivity index (χ4v) is 3.37. The van der Waals surface area contributed by atoms with E-state index in [0.29, 0.717) is 10.9 Å². The maximum Gasteiger partial charge on any atom is 0.175 e. The van der Waals surface area contributed by atoms with Gasteiger partial charge in [0.15, 0.2) is 4.90 Å². The lowest BCUT2D eigenvalue weighted by Gasteiger charge is -2.00. The first-order valence-corrected chi connectivity index (χ1v) is 6.09. The van der Waals surface area contributed by atoms with Crippen LogP contribution in [0.25, 0.3) is 0 Å². The predicted octanol–water partition coefficient (Wildman–Crippen LogP) is 2.65. The molecule has 1 aromatic rings. The Labute approximate surface area is 77.9 Å². The molecule has 0 spiro atoms. The molecular weight excluding hydrogens is 166 g/mol. The molecule has 1 nitrogen and oxygen atoms in total. The fourth-order valence-electron chi connectivity index (χ4n) is 1.51. The molecule has 0 aliphatic carbocycles. The van der Waals surface area contributed by atoms with E-state index in [4.69, 9.17) is 0 Å². The zero-order valence-corrected chi connectivity index (χ0v) is 9.22. The van der Waals surface area contributed by atoms with Gasteiger partial charge in [0.05, 0.1) is 5.69 Å². The van der Waals surface area contributed by atoms with Gasteiger partial charge in [-0.15, -0.1) is 0 Å². The molecule has 0 saturated heterocycles. The van der Waals surface area contributed by atoms with E-state index in [9.17, 15) is 0 Å². The third-order valence-corrected chi connectivity index (χ3v) is 4.55. The highest BCUT2D eigenvalue weighted by atomic mass is 32.2. The molecule has 0 amide bonds. The summed E-state index contributed by atoms with van der Waals surface area (Å²) in [7, 11) is 0.476. The van der Waals surface area contributed by atoms with Gasteiger partial charge in [0.2, 0.25) is 0 Å². The molecule has 1 heterocycles. The van der Waals surface area contributed by atoms with Crippen molar-refractivity contribution in [2.45, 2.75) is 32.6 Å². The van der Waals surface area contributed by atoms with E-state index in [1.807, 2.05) is 0 Å². The van der Waals surface area contributed by atoms with Crippen molar-refractivity contribution in [3.05, 3.63) is 17.5 Å². The number of aromatic nitrogens is 1. The second-order valence-corrected chi connectivity index (χ2v) is 5.59. The van der Waals surface area contributed by atoms with Crippen LogP contribution >= 0.6 is 0 Å². The van der Waals surface area contributed by atoms with Gasteiger partial charge in [-0.25, -0.2) is 0 Å². The third-order valence-electron chi connectivity index (χ3n) is 2.11. The largest absolute Gasteiger partial charge is 0.359 e. The Kier molecular flexibility index (Phi) is 3.27. The minimum Gasteiger partial charge on any atom is -0.359 e. The van der Waals surface area contributed by atoms with Gasteiger partial charge < -0.3 is 4.98 Å². The normalized spacial score (nSPS) is 11.1. The molecule has 68 valence electrons. The molecule has 1 N–H and O–H groups in total. The summed E-state index contributed by atoms with van der Waals surface area (Å²) < 4.78 is 0. The number of H-pyrrole nitrogens is 1. The highest BCUT2D eigenvalue weighted by Crippen LogP contribution is 2.19. The summed E-state index contributed by atoms with van der Waals surface area (Å²) >= 11 is 0. The van der Waals surface area contributed by atoms with Crippen LogP contribution < -0.4 is 0 Å². The summed E-state index contributed by atoms with van der Waals surface area (Å²) in [6.45, 7) is 8.85. The second-order valence-electron chi connectivity index (χ2n) is 3.01. The van der Waals surface area contributed by atoms with Crippen LogP contribution in [0.2, 0.25) is 0 Å². The van der Waals surface area contributed by atoms with E-state index < -0.39 is 0 Å². The van der Waals surface area contributed by atoms with E-state index in [0.717, 1.165) is 0 Å². The molecule has 0 fully saturated rings. The van der Waals surface area contributed by atoms with Crippen molar-refractivity contribution < 1.29 is 0 Å². The van der Waals surface area contributed by atoms with Gasteiger partial charge in [-0.2, -0.15) is 0 Å². The third kappa shape index (κ3) is 1.86. The first-order chi connectivity index (χ1) is 5.69. The summed E-state index contributed by atoms with van der Waals surface area (Å²) in [5.41, 5.74) is 2.65. The van der Waals surface area contributed by atoms with Gasteiger partial charge in [-0.1, -0.05) is 0 Å². The minimum absolute atomic E-state index is 0.476. The predicted molar refractivity (Wildman–Crippen MR) is 57.0 cm³/mol. The molecule has 0 radical (unpaired) electrons. The standard InChI is InChI=1S/C10H18NS/c1-5-12(6-2)10-7-8(3)11-9(10)4/h7,11H,5-6H2,1-4H3/q+1. The van der Waals surface area contributed by atoms with Gasteiger partial charge in [0.25, 0.3) is 0 Å². The summed E-state index contributed by atoms with van der Waals surface area (Å²) in [4.78, 5) is 4.90. The minimum atomic E-state index is 0.476. The van der Waals surface area contributed by atoms with E-state index >= 15 is 0 Å². The first kappa shape index (κ1) is 9.72. The topological polar surface area (TPSA) is 15.8 Å².